The van der Waals surface area contributed by atoms with Gasteiger partial charge in [-0.2, -0.15) is 0 Å². The molecule has 2 aromatic rings. The number of sulfonamides is 1. The standard InChI is InChI=1S/C20H26N2O4S/c1-4-15(5-2)14-21-20(23)16-7-6-8-19(13-16)27(24,25)22-17-9-11-18(26-3)12-10-17/h6-13,15,22H,4-5,14H2,1-3H3,(H,21,23). The molecule has 0 radical (unpaired) electrons. The van der Waals surface area contributed by atoms with Crippen LogP contribution in [0.15, 0.2) is 53.4 Å². The fourth-order valence-corrected chi connectivity index (χ4v) is 3.70. The molecule has 2 aromatic carbocycles. The van der Waals surface area contributed by atoms with Gasteiger partial charge in [-0.3, -0.25) is 9.52 Å². The van der Waals surface area contributed by atoms with E-state index in [2.05, 4.69) is 23.9 Å². The molecule has 6 nitrogen and oxygen atoms in total. The van der Waals surface area contributed by atoms with E-state index >= 15 is 0 Å². The van der Waals surface area contributed by atoms with Gasteiger partial charge in [0, 0.05) is 17.8 Å². The van der Waals surface area contributed by atoms with Crippen LogP contribution in [-0.2, 0) is 10.0 Å². The maximum Gasteiger partial charge on any atom is 0.261 e. The summed E-state index contributed by atoms with van der Waals surface area (Å²) in [6.45, 7) is 4.74. The van der Waals surface area contributed by atoms with E-state index in [0.29, 0.717) is 29.5 Å². The lowest BCUT2D eigenvalue weighted by Gasteiger charge is -2.14. The molecule has 0 heterocycles. The summed E-state index contributed by atoms with van der Waals surface area (Å²) in [5.41, 5.74) is 0.734. The maximum absolute atomic E-state index is 12.6. The third-order valence-corrected chi connectivity index (χ3v) is 5.83. The zero-order valence-corrected chi connectivity index (χ0v) is 16.7. The monoisotopic (exact) mass is 390 g/mol. The summed E-state index contributed by atoms with van der Waals surface area (Å²) in [6, 6.07) is 12.6. The zero-order valence-electron chi connectivity index (χ0n) is 15.9. The summed E-state index contributed by atoms with van der Waals surface area (Å²) >= 11 is 0. The SMILES string of the molecule is CCC(CC)CNC(=O)c1cccc(S(=O)(=O)Nc2ccc(OC)cc2)c1. The van der Waals surface area contributed by atoms with Crippen LogP contribution in [0.4, 0.5) is 5.69 Å². The highest BCUT2D eigenvalue weighted by molar-refractivity contribution is 7.92. The summed E-state index contributed by atoms with van der Waals surface area (Å²) in [7, 11) is -2.26. The van der Waals surface area contributed by atoms with Crippen molar-refractivity contribution in [1.29, 1.82) is 0 Å². The van der Waals surface area contributed by atoms with Crippen molar-refractivity contribution in [3.8, 4) is 5.75 Å². The lowest BCUT2D eigenvalue weighted by atomic mass is 10.0. The molecule has 0 aliphatic rings. The smallest absolute Gasteiger partial charge is 0.261 e. The Labute approximate surface area is 161 Å². The van der Waals surface area contributed by atoms with Gasteiger partial charge >= 0.3 is 0 Å². The van der Waals surface area contributed by atoms with Crippen LogP contribution in [-0.4, -0.2) is 28.0 Å². The van der Waals surface area contributed by atoms with Gasteiger partial charge in [0.05, 0.1) is 12.0 Å². The van der Waals surface area contributed by atoms with Gasteiger partial charge in [0.15, 0.2) is 0 Å². The van der Waals surface area contributed by atoms with Gasteiger partial charge in [0.25, 0.3) is 15.9 Å². The molecule has 2 N–H and O–H groups in total. The largest absolute Gasteiger partial charge is 0.497 e. The Morgan fingerprint density at radius 2 is 1.74 bits per heavy atom. The third kappa shape index (κ3) is 5.72. The first-order chi connectivity index (χ1) is 12.9. The Morgan fingerprint density at radius 1 is 1.07 bits per heavy atom. The van der Waals surface area contributed by atoms with Crippen LogP contribution in [0.2, 0.25) is 0 Å². The first kappa shape index (κ1) is 20.8. The van der Waals surface area contributed by atoms with E-state index in [1.54, 1.807) is 43.5 Å². The molecule has 0 spiro atoms. The number of hydrogen-bond donors (Lipinski definition) is 2. The Hall–Kier alpha value is -2.54. The number of ether oxygens (including phenoxy) is 1. The molecule has 0 saturated carbocycles. The highest BCUT2D eigenvalue weighted by Gasteiger charge is 2.17. The number of nitrogens with one attached hydrogen (secondary N) is 2. The Balaban J connectivity index is 2.13. The van der Waals surface area contributed by atoms with Crippen molar-refractivity contribution in [1.82, 2.24) is 5.32 Å². The van der Waals surface area contributed by atoms with Gasteiger partial charge in [0.2, 0.25) is 0 Å². The minimum atomic E-state index is -3.80. The van der Waals surface area contributed by atoms with E-state index in [1.807, 2.05) is 0 Å². The molecule has 0 bridgehead atoms. The van der Waals surface area contributed by atoms with E-state index in [0.717, 1.165) is 12.8 Å². The van der Waals surface area contributed by atoms with Crippen LogP contribution in [0.5, 0.6) is 5.75 Å². The average Bonchev–Trinajstić information content (AvgIpc) is 2.69. The van der Waals surface area contributed by atoms with Gasteiger partial charge in [-0.15, -0.1) is 0 Å². The van der Waals surface area contributed by atoms with Crippen LogP contribution in [0.25, 0.3) is 0 Å². The van der Waals surface area contributed by atoms with Crippen molar-refractivity contribution >= 4 is 21.6 Å². The predicted molar refractivity (Wildman–Crippen MR) is 107 cm³/mol. The third-order valence-electron chi connectivity index (χ3n) is 4.45. The molecule has 0 unspecified atom stereocenters. The Morgan fingerprint density at radius 3 is 2.33 bits per heavy atom. The number of carbonyl (C=O) groups is 1. The number of hydrogen-bond acceptors (Lipinski definition) is 4. The quantitative estimate of drug-likeness (QED) is 0.684. The van der Waals surface area contributed by atoms with Gasteiger partial charge < -0.3 is 10.1 Å². The van der Waals surface area contributed by atoms with Gasteiger partial charge in [-0.05, 0) is 48.4 Å². The molecule has 0 aromatic heterocycles. The van der Waals surface area contributed by atoms with Crippen LogP contribution in [0, 0.1) is 5.92 Å². The predicted octanol–water partition coefficient (Wildman–Crippen LogP) is 3.66. The molecule has 0 fully saturated rings. The second kappa shape index (κ2) is 9.41. The van der Waals surface area contributed by atoms with Crippen molar-refractivity contribution in [3.05, 3.63) is 54.1 Å². The number of rotatable bonds is 9. The number of benzene rings is 2. The van der Waals surface area contributed by atoms with Crippen LogP contribution in [0.3, 0.4) is 0 Å². The number of carbonyl (C=O) groups excluding carboxylic acids is 1. The molecule has 0 saturated heterocycles. The van der Waals surface area contributed by atoms with Crippen molar-refractivity contribution in [2.24, 2.45) is 5.92 Å². The van der Waals surface area contributed by atoms with Crippen LogP contribution in [0.1, 0.15) is 37.0 Å². The first-order valence-corrected chi connectivity index (χ1v) is 10.4. The van der Waals surface area contributed by atoms with Crippen molar-refractivity contribution in [3.63, 3.8) is 0 Å². The molecule has 146 valence electrons. The van der Waals surface area contributed by atoms with E-state index in [9.17, 15) is 13.2 Å². The molecule has 27 heavy (non-hydrogen) atoms. The Bertz CT molecular complexity index is 860. The molecular weight excluding hydrogens is 364 g/mol. The minimum Gasteiger partial charge on any atom is -0.497 e. The molecule has 0 atom stereocenters. The highest BCUT2D eigenvalue weighted by atomic mass is 32.2. The lowest BCUT2D eigenvalue weighted by Crippen LogP contribution is -2.29. The summed E-state index contributed by atoms with van der Waals surface area (Å²) in [5.74, 6) is 0.773. The molecule has 0 aliphatic heterocycles. The average molecular weight is 391 g/mol. The second-order valence-electron chi connectivity index (χ2n) is 6.25. The zero-order chi connectivity index (χ0) is 19.9. The fraction of sp³-hybridized carbons (Fsp3) is 0.350. The van der Waals surface area contributed by atoms with Crippen LogP contribution < -0.4 is 14.8 Å². The van der Waals surface area contributed by atoms with E-state index < -0.39 is 10.0 Å². The number of anilines is 1. The summed E-state index contributed by atoms with van der Waals surface area (Å²) in [6.07, 6.45) is 1.97. The maximum atomic E-state index is 12.6. The fourth-order valence-electron chi connectivity index (χ4n) is 2.59. The normalized spacial score (nSPS) is 11.3. The number of amides is 1. The van der Waals surface area contributed by atoms with E-state index in [4.69, 9.17) is 4.74 Å². The van der Waals surface area contributed by atoms with E-state index in [-0.39, 0.29) is 10.8 Å². The van der Waals surface area contributed by atoms with Crippen molar-refractivity contribution in [2.75, 3.05) is 18.4 Å². The second-order valence-corrected chi connectivity index (χ2v) is 7.94. The molecule has 1 amide bonds. The first-order valence-electron chi connectivity index (χ1n) is 8.94. The Kier molecular flexibility index (Phi) is 7.24. The topological polar surface area (TPSA) is 84.5 Å². The minimum absolute atomic E-state index is 0.0356. The van der Waals surface area contributed by atoms with Crippen molar-refractivity contribution < 1.29 is 17.9 Å². The van der Waals surface area contributed by atoms with Gasteiger partial charge in [-0.25, -0.2) is 8.42 Å². The molecule has 7 heteroatoms. The highest BCUT2D eigenvalue weighted by Crippen LogP contribution is 2.20. The number of methoxy groups -OCH3 is 1. The van der Waals surface area contributed by atoms with Gasteiger partial charge in [0.1, 0.15) is 5.75 Å². The van der Waals surface area contributed by atoms with Gasteiger partial charge in [-0.1, -0.05) is 32.8 Å². The van der Waals surface area contributed by atoms with E-state index in [1.165, 1.54) is 12.1 Å². The summed E-state index contributed by atoms with van der Waals surface area (Å²) in [4.78, 5) is 12.4. The summed E-state index contributed by atoms with van der Waals surface area (Å²) < 4.78 is 32.8. The van der Waals surface area contributed by atoms with Crippen molar-refractivity contribution in [2.45, 2.75) is 31.6 Å². The molecular formula is C20H26N2O4S. The summed E-state index contributed by atoms with van der Waals surface area (Å²) in [5, 5.41) is 2.87. The van der Waals surface area contributed by atoms with Crippen LogP contribution >= 0.6 is 0 Å². The molecule has 0 aliphatic carbocycles. The molecule has 2 rings (SSSR count). The lowest BCUT2D eigenvalue weighted by molar-refractivity contribution is 0.0946.